The maximum absolute atomic E-state index is 12.5. The van der Waals surface area contributed by atoms with Crippen molar-refractivity contribution in [3.63, 3.8) is 0 Å². The fraction of sp³-hybridized carbons (Fsp3) is 0.545. The lowest BCUT2D eigenvalue weighted by Gasteiger charge is -2.37. The van der Waals surface area contributed by atoms with E-state index in [-0.39, 0.29) is 48.4 Å². The zero-order chi connectivity index (χ0) is 22.9. The van der Waals surface area contributed by atoms with Gasteiger partial charge in [0, 0.05) is 44.9 Å². The fourth-order valence-corrected chi connectivity index (χ4v) is 3.74. The number of piperazine rings is 1. The zero-order valence-electron chi connectivity index (χ0n) is 18.9. The number of primary amides is 1. The van der Waals surface area contributed by atoms with Crippen molar-refractivity contribution in [2.45, 2.75) is 32.4 Å². The summed E-state index contributed by atoms with van der Waals surface area (Å²) in [6.07, 6.45) is 1.49. The van der Waals surface area contributed by atoms with Gasteiger partial charge in [-0.05, 0) is 37.5 Å². The summed E-state index contributed by atoms with van der Waals surface area (Å²) in [5.74, 6) is -0.0241. The summed E-state index contributed by atoms with van der Waals surface area (Å²) < 4.78 is 5.53. The summed E-state index contributed by atoms with van der Waals surface area (Å²) in [5, 5.41) is 5.78. The Morgan fingerprint density at radius 1 is 1.09 bits per heavy atom. The third-order valence-electron chi connectivity index (χ3n) is 5.48. The topological polar surface area (TPSA) is 129 Å². The number of hydrogen-bond donors (Lipinski definition) is 3. The van der Waals surface area contributed by atoms with E-state index in [4.69, 9.17) is 15.5 Å². The van der Waals surface area contributed by atoms with E-state index < -0.39 is 5.91 Å². The van der Waals surface area contributed by atoms with Gasteiger partial charge >= 0.3 is 0 Å². The number of hydrogen-bond acceptors (Lipinski definition) is 5. The minimum atomic E-state index is -0.586. The first kappa shape index (κ1) is 26.8. The average molecular weight is 572 g/mol. The number of ether oxygens (including phenoxy) is 1. The van der Waals surface area contributed by atoms with Crippen molar-refractivity contribution < 1.29 is 19.1 Å². The number of guanidine groups is 1. The number of carbonyl (C=O) groups excluding carboxylic acids is 3. The Bertz CT molecular complexity index is 834. The average Bonchev–Trinajstić information content (AvgIpc) is 3.35. The molecule has 3 amide bonds. The molecule has 1 aromatic rings. The first-order valence-electron chi connectivity index (χ1n) is 11.1. The number of amides is 3. The molecule has 2 fully saturated rings. The Kier molecular flexibility index (Phi) is 10.8. The summed E-state index contributed by atoms with van der Waals surface area (Å²) in [6, 6.07) is 7.07. The molecule has 11 heteroatoms. The number of carbonyl (C=O) groups is 3. The molecule has 0 saturated carbocycles. The highest BCUT2D eigenvalue weighted by atomic mass is 127. The van der Waals surface area contributed by atoms with Crippen LogP contribution in [0.5, 0.6) is 0 Å². The Hall–Kier alpha value is -2.41. The van der Waals surface area contributed by atoms with Gasteiger partial charge in [0.2, 0.25) is 5.91 Å². The quantitative estimate of drug-likeness (QED) is 0.245. The normalized spacial score (nSPS) is 18.5. The molecule has 0 aliphatic carbocycles. The van der Waals surface area contributed by atoms with Crippen molar-refractivity contribution in [1.29, 1.82) is 0 Å². The van der Waals surface area contributed by atoms with Gasteiger partial charge in [-0.15, -0.1) is 24.0 Å². The fourth-order valence-electron chi connectivity index (χ4n) is 3.74. The lowest BCUT2D eigenvalue weighted by Crippen LogP contribution is -2.55. The van der Waals surface area contributed by atoms with Crippen molar-refractivity contribution in [2.24, 2.45) is 10.7 Å². The third-order valence-corrected chi connectivity index (χ3v) is 5.48. The van der Waals surface area contributed by atoms with Crippen LogP contribution in [0.3, 0.4) is 0 Å². The molecule has 33 heavy (non-hydrogen) atoms. The minimum Gasteiger partial charge on any atom is -0.368 e. The number of halogens is 1. The number of aliphatic imine (C=N–C) groups is 1. The molecule has 2 aliphatic heterocycles. The number of nitrogens with two attached hydrogens (primary N) is 1. The lowest BCUT2D eigenvalue weighted by molar-refractivity contribution is -0.142. The molecule has 1 atom stereocenters. The van der Waals surface area contributed by atoms with Gasteiger partial charge in [0.1, 0.15) is 6.10 Å². The lowest BCUT2D eigenvalue weighted by atomic mass is 10.1. The van der Waals surface area contributed by atoms with Gasteiger partial charge in [-0.1, -0.05) is 12.1 Å². The zero-order valence-corrected chi connectivity index (χ0v) is 21.2. The predicted octanol–water partition coefficient (Wildman–Crippen LogP) is 0.308. The van der Waals surface area contributed by atoms with Crippen LogP contribution in [0.4, 0.5) is 0 Å². The first-order valence-corrected chi connectivity index (χ1v) is 11.1. The number of benzene rings is 1. The molecule has 182 valence electrons. The van der Waals surface area contributed by atoms with Crippen molar-refractivity contribution in [1.82, 2.24) is 20.4 Å². The highest BCUT2D eigenvalue weighted by Crippen LogP contribution is 2.16. The SMILES string of the molecule is CCNC(=NCc1ccc(C(=O)NCC(N)=O)cc1)N1CCN(C(=O)C2CCCO2)CC1.I. The molecule has 1 unspecified atom stereocenters. The van der Waals surface area contributed by atoms with Crippen LogP contribution in [0, 0.1) is 0 Å². The molecule has 1 aromatic carbocycles. The standard InChI is InChI=1S/C22H32N6O4.HI/c1-2-24-22(28-11-9-27(10-12-28)21(31)18-4-3-13-32-18)26-14-16-5-7-17(8-6-16)20(30)25-15-19(23)29;/h5-8,18H,2-4,9-15H2,1H3,(H2,23,29)(H,24,26)(H,25,30);1H. The van der Waals surface area contributed by atoms with Gasteiger partial charge in [0.15, 0.2) is 5.96 Å². The van der Waals surface area contributed by atoms with Crippen LogP contribution in [0.25, 0.3) is 0 Å². The first-order chi connectivity index (χ1) is 15.5. The largest absolute Gasteiger partial charge is 0.368 e. The third kappa shape index (κ3) is 7.84. The maximum atomic E-state index is 12.5. The van der Waals surface area contributed by atoms with Gasteiger partial charge in [-0.3, -0.25) is 14.4 Å². The molecule has 0 spiro atoms. The van der Waals surface area contributed by atoms with Crippen LogP contribution in [-0.2, 0) is 20.9 Å². The maximum Gasteiger partial charge on any atom is 0.251 e. The van der Waals surface area contributed by atoms with Crippen LogP contribution >= 0.6 is 24.0 Å². The van der Waals surface area contributed by atoms with E-state index in [1.165, 1.54) is 0 Å². The smallest absolute Gasteiger partial charge is 0.251 e. The molecule has 4 N–H and O–H groups in total. The Morgan fingerprint density at radius 3 is 2.33 bits per heavy atom. The second-order valence-corrected chi connectivity index (χ2v) is 7.83. The summed E-state index contributed by atoms with van der Waals surface area (Å²) in [6.45, 7) is 6.43. The highest BCUT2D eigenvalue weighted by molar-refractivity contribution is 14.0. The summed E-state index contributed by atoms with van der Waals surface area (Å²) in [5.41, 5.74) is 6.46. The molecule has 0 aromatic heterocycles. The van der Waals surface area contributed by atoms with E-state index in [9.17, 15) is 14.4 Å². The Morgan fingerprint density at radius 2 is 1.76 bits per heavy atom. The van der Waals surface area contributed by atoms with E-state index >= 15 is 0 Å². The molecule has 2 aliphatic rings. The second kappa shape index (κ2) is 13.3. The number of nitrogens with one attached hydrogen (secondary N) is 2. The molecule has 0 bridgehead atoms. The predicted molar refractivity (Wildman–Crippen MR) is 135 cm³/mol. The molecular weight excluding hydrogens is 539 g/mol. The number of rotatable bonds is 7. The van der Waals surface area contributed by atoms with E-state index in [0.717, 1.165) is 30.9 Å². The van der Waals surface area contributed by atoms with Crippen molar-refractivity contribution in [2.75, 3.05) is 45.9 Å². The molecule has 3 rings (SSSR count). The summed E-state index contributed by atoms with van der Waals surface area (Å²) in [7, 11) is 0. The van der Waals surface area contributed by atoms with Crippen molar-refractivity contribution in [3.8, 4) is 0 Å². The summed E-state index contributed by atoms with van der Waals surface area (Å²) in [4.78, 5) is 44.1. The molecule has 2 saturated heterocycles. The minimum absolute atomic E-state index is 0. The monoisotopic (exact) mass is 572 g/mol. The molecule has 10 nitrogen and oxygen atoms in total. The van der Waals surface area contributed by atoms with Crippen LogP contribution in [0.2, 0.25) is 0 Å². The summed E-state index contributed by atoms with van der Waals surface area (Å²) >= 11 is 0. The van der Waals surface area contributed by atoms with Crippen molar-refractivity contribution in [3.05, 3.63) is 35.4 Å². The van der Waals surface area contributed by atoms with E-state index in [2.05, 4.69) is 15.5 Å². The van der Waals surface area contributed by atoms with Crippen molar-refractivity contribution >= 4 is 47.7 Å². The van der Waals surface area contributed by atoms with Crippen LogP contribution in [-0.4, -0.2) is 85.5 Å². The molecule has 2 heterocycles. The Labute approximate surface area is 211 Å². The number of nitrogens with zero attached hydrogens (tertiary/aromatic N) is 3. The van der Waals surface area contributed by atoms with Crippen LogP contribution < -0.4 is 16.4 Å². The van der Waals surface area contributed by atoms with Crippen LogP contribution in [0.1, 0.15) is 35.7 Å². The van der Waals surface area contributed by atoms with Crippen LogP contribution in [0.15, 0.2) is 29.3 Å². The Balaban J connectivity index is 0.00000385. The van der Waals surface area contributed by atoms with Gasteiger partial charge in [-0.25, -0.2) is 4.99 Å². The van der Waals surface area contributed by atoms with Gasteiger partial charge in [-0.2, -0.15) is 0 Å². The van der Waals surface area contributed by atoms with E-state index in [0.29, 0.717) is 44.9 Å². The second-order valence-electron chi connectivity index (χ2n) is 7.83. The highest BCUT2D eigenvalue weighted by Gasteiger charge is 2.30. The molecule has 0 radical (unpaired) electrons. The van der Waals surface area contributed by atoms with E-state index in [1.807, 2.05) is 24.0 Å². The van der Waals surface area contributed by atoms with Gasteiger partial charge < -0.3 is 30.9 Å². The van der Waals surface area contributed by atoms with Gasteiger partial charge in [0.05, 0.1) is 13.1 Å². The van der Waals surface area contributed by atoms with Gasteiger partial charge in [0.25, 0.3) is 11.8 Å². The van der Waals surface area contributed by atoms with E-state index in [1.54, 1.807) is 12.1 Å². The molecular formula is C22H33IN6O4.